The molecule has 0 spiro atoms. The third kappa shape index (κ3) is 2.96. The lowest BCUT2D eigenvalue weighted by atomic mass is 10.2. The second-order valence-corrected chi connectivity index (χ2v) is 4.92. The normalized spacial score (nSPS) is 12.8. The lowest BCUT2D eigenvalue weighted by Crippen LogP contribution is -2.21. The first-order valence-corrected chi connectivity index (χ1v) is 6.99. The molecule has 1 N–H and O–H groups in total. The molecular formula is C13H19N3S. The van der Waals surface area contributed by atoms with Gasteiger partial charge in [0.15, 0.2) is 0 Å². The highest BCUT2D eigenvalue weighted by atomic mass is 32.1. The number of aryl methyl sites for hydroxylation is 1. The Morgan fingerprint density at radius 3 is 3.00 bits per heavy atom. The molecule has 1 atom stereocenters. The number of aromatic nitrogens is 2. The fourth-order valence-electron chi connectivity index (χ4n) is 1.96. The van der Waals surface area contributed by atoms with Crippen molar-refractivity contribution in [2.24, 2.45) is 0 Å². The summed E-state index contributed by atoms with van der Waals surface area (Å²) in [6, 6.07) is 4.64. The Morgan fingerprint density at radius 1 is 1.47 bits per heavy atom. The highest BCUT2D eigenvalue weighted by Gasteiger charge is 2.11. The van der Waals surface area contributed by atoms with Crippen molar-refractivity contribution in [2.45, 2.75) is 39.4 Å². The van der Waals surface area contributed by atoms with Gasteiger partial charge in [-0.3, -0.25) is 0 Å². The van der Waals surface area contributed by atoms with Crippen molar-refractivity contribution in [1.29, 1.82) is 0 Å². The summed E-state index contributed by atoms with van der Waals surface area (Å²) < 4.78 is 2.27. The molecule has 0 fully saturated rings. The first-order chi connectivity index (χ1) is 8.35. The van der Waals surface area contributed by atoms with Crippen LogP contribution < -0.4 is 5.32 Å². The van der Waals surface area contributed by atoms with Gasteiger partial charge in [0.05, 0.1) is 6.04 Å². The lowest BCUT2D eigenvalue weighted by Gasteiger charge is -2.15. The summed E-state index contributed by atoms with van der Waals surface area (Å²) in [6.07, 6.45) is 5.07. The van der Waals surface area contributed by atoms with E-state index in [0.717, 1.165) is 19.5 Å². The van der Waals surface area contributed by atoms with Crippen molar-refractivity contribution in [2.75, 3.05) is 0 Å². The first-order valence-electron chi connectivity index (χ1n) is 6.12. The van der Waals surface area contributed by atoms with Gasteiger partial charge >= 0.3 is 0 Å². The number of hydrogen-bond acceptors (Lipinski definition) is 3. The number of nitrogens with zero attached hydrogens (tertiary/aromatic N) is 2. The van der Waals surface area contributed by atoms with Gasteiger partial charge in [-0.2, -0.15) is 0 Å². The Kier molecular flexibility index (Phi) is 4.34. The van der Waals surface area contributed by atoms with Crippen LogP contribution >= 0.6 is 11.3 Å². The van der Waals surface area contributed by atoms with Crippen molar-refractivity contribution in [3.8, 4) is 0 Å². The summed E-state index contributed by atoms with van der Waals surface area (Å²) in [5.74, 6) is 0. The number of rotatable bonds is 6. The molecule has 0 radical (unpaired) electrons. The van der Waals surface area contributed by atoms with E-state index in [0.29, 0.717) is 6.04 Å². The summed E-state index contributed by atoms with van der Waals surface area (Å²) in [5.41, 5.74) is 1.34. The molecule has 0 saturated heterocycles. The Balaban J connectivity index is 1.97. The summed E-state index contributed by atoms with van der Waals surface area (Å²) in [4.78, 5) is 4.38. The van der Waals surface area contributed by atoms with Crippen LogP contribution in [0.2, 0.25) is 0 Å². The highest BCUT2D eigenvalue weighted by molar-refractivity contribution is 7.09. The first kappa shape index (κ1) is 12.3. The van der Waals surface area contributed by atoms with Crippen LogP contribution in [0.5, 0.6) is 0 Å². The van der Waals surface area contributed by atoms with Crippen LogP contribution in [0.15, 0.2) is 29.9 Å². The van der Waals surface area contributed by atoms with Gasteiger partial charge in [-0.25, -0.2) is 4.98 Å². The minimum Gasteiger partial charge on any atom is -0.351 e. The van der Waals surface area contributed by atoms with Crippen LogP contribution in [-0.4, -0.2) is 9.55 Å². The molecule has 0 aromatic carbocycles. The largest absolute Gasteiger partial charge is 0.351 e. The van der Waals surface area contributed by atoms with Crippen LogP contribution in [0, 0.1) is 0 Å². The molecule has 3 nitrogen and oxygen atoms in total. The van der Waals surface area contributed by atoms with E-state index in [1.807, 2.05) is 11.6 Å². The maximum Gasteiger partial charge on any atom is 0.109 e. The fraction of sp³-hybridized carbons (Fsp3) is 0.462. The predicted octanol–water partition coefficient (Wildman–Crippen LogP) is 3.21. The highest BCUT2D eigenvalue weighted by Crippen LogP contribution is 2.19. The molecule has 0 aliphatic heterocycles. The van der Waals surface area contributed by atoms with E-state index in [1.165, 1.54) is 10.7 Å². The van der Waals surface area contributed by atoms with Crippen molar-refractivity contribution in [3.05, 3.63) is 40.6 Å². The maximum absolute atomic E-state index is 4.38. The van der Waals surface area contributed by atoms with E-state index in [4.69, 9.17) is 0 Å². The van der Waals surface area contributed by atoms with Gasteiger partial charge in [0, 0.05) is 36.6 Å². The topological polar surface area (TPSA) is 29.9 Å². The van der Waals surface area contributed by atoms with Crippen molar-refractivity contribution in [3.63, 3.8) is 0 Å². The predicted molar refractivity (Wildman–Crippen MR) is 72.1 cm³/mol. The molecule has 4 heteroatoms. The summed E-state index contributed by atoms with van der Waals surface area (Å²) in [6.45, 7) is 6.29. The minimum absolute atomic E-state index is 0.371. The smallest absolute Gasteiger partial charge is 0.109 e. The molecule has 0 bridgehead atoms. The molecule has 92 valence electrons. The van der Waals surface area contributed by atoms with Crippen molar-refractivity contribution in [1.82, 2.24) is 14.9 Å². The van der Waals surface area contributed by atoms with Gasteiger partial charge in [0.2, 0.25) is 0 Å². The Morgan fingerprint density at radius 2 is 2.35 bits per heavy atom. The van der Waals surface area contributed by atoms with Crippen molar-refractivity contribution >= 4 is 11.3 Å². The minimum atomic E-state index is 0.371. The zero-order chi connectivity index (χ0) is 12.1. The van der Waals surface area contributed by atoms with Gasteiger partial charge in [-0.05, 0) is 25.5 Å². The molecule has 2 aromatic rings. The molecule has 0 aliphatic rings. The molecule has 0 aliphatic carbocycles. The SMILES string of the molecule is CCC(NCc1cccn1CC)c1nccs1. The molecule has 2 rings (SSSR count). The summed E-state index contributed by atoms with van der Waals surface area (Å²) in [5, 5.41) is 6.79. The standard InChI is InChI=1S/C13H19N3S/c1-3-12(13-14-7-9-17-13)15-10-11-6-5-8-16(11)4-2/h5-9,12,15H,3-4,10H2,1-2H3. The second kappa shape index (κ2) is 5.98. The lowest BCUT2D eigenvalue weighted by molar-refractivity contribution is 0.502. The third-order valence-corrected chi connectivity index (χ3v) is 3.84. The van der Waals surface area contributed by atoms with Gasteiger partial charge in [-0.15, -0.1) is 11.3 Å². The van der Waals surface area contributed by atoms with E-state index in [1.54, 1.807) is 11.3 Å². The van der Waals surface area contributed by atoms with E-state index in [9.17, 15) is 0 Å². The van der Waals surface area contributed by atoms with Gasteiger partial charge in [0.1, 0.15) is 5.01 Å². The van der Waals surface area contributed by atoms with E-state index >= 15 is 0 Å². The van der Waals surface area contributed by atoms with Gasteiger partial charge in [0.25, 0.3) is 0 Å². The molecule has 0 saturated carbocycles. The quantitative estimate of drug-likeness (QED) is 0.852. The number of nitrogens with one attached hydrogen (secondary N) is 1. The molecule has 1 unspecified atom stereocenters. The van der Waals surface area contributed by atoms with Crippen LogP contribution in [0.25, 0.3) is 0 Å². The summed E-state index contributed by atoms with van der Waals surface area (Å²) >= 11 is 1.72. The summed E-state index contributed by atoms with van der Waals surface area (Å²) in [7, 11) is 0. The van der Waals surface area contributed by atoms with Crippen LogP contribution in [0.4, 0.5) is 0 Å². The van der Waals surface area contributed by atoms with Crippen LogP contribution in [0.1, 0.15) is 37.0 Å². The van der Waals surface area contributed by atoms with Gasteiger partial charge < -0.3 is 9.88 Å². The molecule has 2 aromatic heterocycles. The van der Waals surface area contributed by atoms with Crippen LogP contribution in [-0.2, 0) is 13.1 Å². The number of thiazole rings is 1. The van der Waals surface area contributed by atoms with Crippen LogP contribution in [0.3, 0.4) is 0 Å². The zero-order valence-electron chi connectivity index (χ0n) is 10.4. The average Bonchev–Trinajstić information content (AvgIpc) is 2.99. The molecule has 0 amide bonds. The van der Waals surface area contributed by atoms with E-state index < -0.39 is 0 Å². The average molecular weight is 249 g/mol. The van der Waals surface area contributed by atoms with E-state index in [2.05, 4.69) is 47.0 Å². The Bertz CT molecular complexity index is 433. The maximum atomic E-state index is 4.38. The number of hydrogen-bond donors (Lipinski definition) is 1. The Labute approximate surface area is 107 Å². The fourth-order valence-corrected chi connectivity index (χ4v) is 2.76. The van der Waals surface area contributed by atoms with Crippen molar-refractivity contribution < 1.29 is 0 Å². The second-order valence-electron chi connectivity index (χ2n) is 4.00. The van der Waals surface area contributed by atoms with Gasteiger partial charge in [-0.1, -0.05) is 6.92 Å². The van der Waals surface area contributed by atoms with E-state index in [-0.39, 0.29) is 0 Å². The Hall–Kier alpha value is -1.13. The molecular weight excluding hydrogens is 230 g/mol. The molecule has 17 heavy (non-hydrogen) atoms. The third-order valence-electron chi connectivity index (χ3n) is 2.95. The zero-order valence-corrected chi connectivity index (χ0v) is 11.2. The monoisotopic (exact) mass is 249 g/mol. The molecule has 2 heterocycles.